The van der Waals surface area contributed by atoms with Crippen LogP contribution in [-0.2, 0) is 10.5 Å². The maximum Gasteiger partial charge on any atom is 0.221 e. The molecule has 1 heterocycles. The highest BCUT2D eigenvalue weighted by molar-refractivity contribution is 7.98. The molecule has 0 atom stereocenters. The van der Waals surface area contributed by atoms with E-state index in [2.05, 4.69) is 38.3 Å². The lowest BCUT2D eigenvalue weighted by Gasteiger charge is -2.46. The predicted octanol–water partition coefficient (Wildman–Crippen LogP) is 5.04. The van der Waals surface area contributed by atoms with Crippen molar-refractivity contribution in [1.82, 2.24) is 10.6 Å². The van der Waals surface area contributed by atoms with Gasteiger partial charge in [-0.3, -0.25) is 4.79 Å². The van der Waals surface area contributed by atoms with E-state index < -0.39 is 0 Å². The van der Waals surface area contributed by atoms with Crippen molar-refractivity contribution in [3.05, 3.63) is 33.8 Å². The van der Waals surface area contributed by atoms with Gasteiger partial charge in [0, 0.05) is 35.0 Å². The zero-order valence-corrected chi connectivity index (χ0v) is 17.7. The van der Waals surface area contributed by atoms with Crippen LogP contribution in [0.1, 0.15) is 52.5 Å². The Morgan fingerprint density at radius 2 is 1.84 bits per heavy atom. The van der Waals surface area contributed by atoms with Crippen LogP contribution in [0.2, 0.25) is 10.0 Å². The molecule has 0 radical (unpaired) electrons. The highest BCUT2D eigenvalue weighted by Gasteiger charge is 2.37. The van der Waals surface area contributed by atoms with Crippen molar-refractivity contribution in [2.75, 3.05) is 5.75 Å². The molecule has 0 spiro atoms. The number of carbonyl (C=O) groups is 1. The first-order valence-electron chi connectivity index (χ1n) is 8.67. The largest absolute Gasteiger partial charge is 0.353 e. The maximum atomic E-state index is 12.3. The number of thioether (sulfide) groups is 1. The second-order valence-corrected chi connectivity index (χ2v) is 10.0. The van der Waals surface area contributed by atoms with Gasteiger partial charge in [0.25, 0.3) is 0 Å². The summed E-state index contributed by atoms with van der Waals surface area (Å²) in [6, 6.07) is 5.91. The first-order chi connectivity index (χ1) is 11.6. The van der Waals surface area contributed by atoms with Crippen molar-refractivity contribution in [3.63, 3.8) is 0 Å². The van der Waals surface area contributed by atoms with Gasteiger partial charge in [-0.2, -0.15) is 11.8 Å². The molecule has 25 heavy (non-hydrogen) atoms. The van der Waals surface area contributed by atoms with Crippen LogP contribution in [0.25, 0.3) is 0 Å². The van der Waals surface area contributed by atoms with Crippen LogP contribution in [-0.4, -0.2) is 28.8 Å². The van der Waals surface area contributed by atoms with Gasteiger partial charge in [0.05, 0.1) is 10.0 Å². The van der Waals surface area contributed by atoms with Crippen molar-refractivity contribution < 1.29 is 4.79 Å². The zero-order chi connectivity index (χ0) is 18.7. The van der Waals surface area contributed by atoms with Gasteiger partial charge >= 0.3 is 0 Å². The highest BCUT2D eigenvalue weighted by atomic mass is 35.5. The van der Waals surface area contributed by atoms with E-state index in [1.165, 1.54) is 0 Å². The van der Waals surface area contributed by atoms with Gasteiger partial charge in [0.2, 0.25) is 5.91 Å². The molecule has 0 saturated carbocycles. The van der Waals surface area contributed by atoms with Crippen LogP contribution in [0.5, 0.6) is 0 Å². The van der Waals surface area contributed by atoms with Crippen LogP contribution in [0.3, 0.4) is 0 Å². The van der Waals surface area contributed by atoms with Crippen LogP contribution in [0, 0.1) is 0 Å². The van der Waals surface area contributed by atoms with Crippen molar-refractivity contribution in [2.45, 2.75) is 69.8 Å². The fourth-order valence-electron chi connectivity index (χ4n) is 3.71. The minimum Gasteiger partial charge on any atom is -0.353 e. The molecule has 140 valence electrons. The Bertz CT molecular complexity index is 603. The Morgan fingerprint density at radius 3 is 2.44 bits per heavy atom. The summed E-state index contributed by atoms with van der Waals surface area (Å²) in [7, 11) is 0. The Labute approximate surface area is 165 Å². The number of rotatable bonds is 6. The van der Waals surface area contributed by atoms with Gasteiger partial charge in [-0.15, -0.1) is 0 Å². The fourth-order valence-corrected chi connectivity index (χ4v) is 4.92. The number of amides is 1. The average Bonchev–Trinajstić information content (AvgIpc) is 2.43. The standard InChI is InChI=1S/C19H28Cl2N2OS/c1-18(2)10-14(11-19(3,4)23-18)22-17(24)7-8-25-12-13-5-6-15(20)16(21)9-13/h5-6,9,14,23H,7-8,10-12H2,1-4H3,(H,22,24). The third-order valence-corrected chi connectivity index (χ3v) is 6.05. The number of piperidine rings is 1. The van der Waals surface area contributed by atoms with Gasteiger partial charge in [-0.25, -0.2) is 0 Å². The number of halogens is 2. The summed E-state index contributed by atoms with van der Waals surface area (Å²) in [5.41, 5.74) is 1.21. The molecule has 1 fully saturated rings. The van der Waals surface area contributed by atoms with Crippen LogP contribution >= 0.6 is 35.0 Å². The smallest absolute Gasteiger partial charge is 0.221 e. The van der Waals surface area contributed by atoms with E-state index in [9.17, 15) is 4.79 Å². The zero-order valence-electron chi connectivity index (χ0n) is 15.4. The van der Waals surface area contributed by atoms with Crippen LogP contribution in [0.15, 0.2) is 18.2 Å². The molecule has 1 saturated heterocycles. The molecular weight excluding hydrogens is 375 g/mol. The summed E-state index contributed by atoms with van der Waals surface area (Å²) in [6.07, 6.45) is 2.45. The normalized spacial score (nSPS) is 19.6. The van der Waals surface area contributed by atoms with E-state index in [1.54, 1.807) is 11.8 Å². The molecule has 1 amide bonds. The Morgan fingerprint density at radius 1 is 1.20 bits per heavy atom. The summed E-state index contributed by atoms with van der Waals surface area (Å²) >= 11 is 13.7. The molecule has 0 unspecified atom stereocenters. The molecule has 0 aromatic heterocycles. The summed E-state index contributed by atoms with van der Waals surface area (Å²) in [5, 5.41) is 8.00. The average molecular weight is 403 g/mol. The summed E-state index contributed by atoms with van der Waals surface area (Å²) < 4.78 is 0. The van der Waals surface area contributed by atoms with Gasteiger partial charge < -0.3 is 10.6 Å². The van der Waals surface area contributed by atoms with Gasteiger partial charge in [-0.1, -0.05) is 29.3 Å². The Balaban J connectivity index is 1.72. The van der Waals surface area contributed by atoms with Gasteiger partial charge in [0.15, 0.2) is 0 Å². The monoisotopic (exact) mass is 402 g/mol. The van der Waals surface area contributed by atoms with Crippen molar-refractivity contribution >= 4 is 40.9 Å². The molecule has 2 rings (SSSR count). The van der Waals surface area contributed by atoms with E-state index in [4.69, 9.17) is 23.2 Å². The lowest BCUT2D eigenvalue weighted by molar-refractivity contribution is -0.121. The predicted molar refractivity (Wildman–Crippen MR) is 110 cm³/mol. The maximum absolute atomic E-state index is 12.3. The second kappa shape index (κ2) is 8.51. The first-order valence-corrected chi connectivity index (χ1v) is 10.6. The number of nitrogens with one attached hydrogen (secondary N) is 2. The summed E-state index contributed by atoms with van der Waals surface area (Å²) in [5.74, 6) is 1.77. The number of carbonyl (C=O) groups excluding carboxylic acids is 1. The van der Waals surface area contributed by atoms with E-state index in [-0.39, 0.29) is 23.0 Å². The molecule has 1 aromatic rings. The van der Waals surface area contributed by atoms with Crippen LogP contribution < -0.4 is 10.6 Å². The lowest BCUT2D eigenvalue weighted by Crippen LogP contribution is -2.62. The lowest BCUT2D eigenvalue weighted by atomic mass is 9.79. The van der Waals surface area contributed by atoms with E-state index in [1.807, 2.05) is 18.2 Å². The third-order valence-electron chi connectivity index (χ3n) is 4.28. The van der Waals surface area contributed by atoms with Crippen molar-refractivity contribution in [3.8, 4) is 0 Å². The SMILES string of the molecule is CC1(C)CC(NC(=O)CCSCc2ccc(Cl)c(Cl)c2)CC(C)(C)N1. The fraction of sp³-hybridized carbons (Fsp3) is 0.632. The molecule has 2 N–H and O–H groups in total. The molecule has 1 aliphatic rings. The molecule has 6 heteroatoms. The molecule has 1 aliphatic heterocycles. The van der Waals surface area contributed by atoms with Crippen LogP contribution in [0.4, 0.5) is 0 Å². The molecule has 0 aliphatic carbocycles. The minimum absolute atomic E-state index is 0.0439. The minimum atomic E-state index is 0.0439. The highest BCUT2D eigenvalue weighted by Crippen LogP contribution is 2.28. The Kier molecular flexibility index (Phi) is 7.11. The van der Waals surface area contributed by atoms with E-state index in [0.29, 0.717) is 16.5 Å². The number of benzene rings is 1. The van der Waals surface area contributed by atoms with Gasteiger partial charge in [-0.05, 0) is 58.2 Å². The molecular formula is C19H28Cl2N2OS. The topological polar surface area (TPSA) is 41.1 Å². The quantitative estimate of drug-likeness (QED) is 0.654. The summed E-state index contributed by atoms with van der Waals surface area (Å²) in [6.45, 7) is 8.78. The number of hydrogen-bond acceptors (Lipinski definition) is 3. The van der Waals surface area contributed by atoms with Gasteiger partial charge in [0.1, 0.15) is 0 Å². The van der Waals surface area contributed by atoms with E-state index >= 15 is 0 Å². The third kappa shape index (κ3) is 7.01. The molecule has 3 nitrogen and oxygen atoms in total. The first kappa shape index (κ1) is 20.9. The Hall–Kier alpha value is -0.420. The molecule has 0 bridgehead atoms. The van der Waals surface area contributed by atoms with Crippen molar-refractivity contribution in [2.24, 2.45) is 0 Å². The second-order valence-electron chi connectivity index (χ2n) is 8.12. The summed E-state index contributed by atoms with van der Waals surface area (Å²) in [4.78, 5) is 12.3. The van der Waals surface area contributed by atoms with Crippen molar-refractivity contribution in [1.29, 1.82) is 0 Å². The number of hydrogen-bond donors (Lipinski definition) is 2. The van der Waals surface area contributed by atoms with E-state index in [0.717, 1.165) is 29.9 Å². The molecule has 1 aromatic carbocycles.